The van der Waals surface area contributed by atoms with Gasteiger partial charge < -0.3 is 21.1 Å². The Morgan fingerprint density at radius 1 is 1.19 bits per heavy atom. The fourth-order valence-corrected chi connectivity index (χ4v) is 3.00. The minimum Gasteiger partial charge on any atom is -0.489 e. The van der Waals surface area contributed by atoms with E-state index >= 15 is 0 Å². The molecule has 0 aliphatic rings. The van der Waals surface area contributed by atoms with Gasteiger partial charge in [0, 0.05) is 19.8 Å². The molecule has 3 rings (SSSR count). The highest BCUT2D eigenvalue weighted by molar-refractivity contribution is 5.79. The summed E-state index contributed by atoms with van der Waals surface area (Å²) < 4.78 is 3.13. The molecule has 0 aliphatic heterocycles. The van der Waals surface area contributed by atoms with Crippen LogP contribution in [0.1, 0.15) is 5.56 Å². The van der Waals surface area contributed by atoms with Crippen molar-refractivity contribution in [2.45, 2.75) is 6.92 Å². The average Bonchev–Trinajstić information content (AvgIpc) is 2.81. The zero-order valence-corrected chi connectivity index (χ0v) is 15.3. The van der Waals surface area contributed by atoms with E-state index in [-0.39, 0.29) is 5.88 Å². The average molecular weight is 350 g/mol. The third-order valence-corrected chi connectivity index (χ3v) is 4.38. The van der Waals surface area contributed by atoms with Gasteiger partial charge in [0.15, 0.2) is 12.4 Å². The lowest BCUT2D eigenvalue weighted by Crippen LogP contribution is -2.39. The molecular weight excluding hydrogens is 326 g/mol. The van der Waals surface area contributed by atoms with Crippen LogP contribution in [0, 0.1) is 13.6 Å². The molecule has 0 spiro atoms. The topological polar surface area (TPSA) is 72.3 Å². The van der Waals surface area contributed by atoms with Crippen LogP contribution in [-0.4, -0.2) is 23.9 Å². The summed E-state index contributed by atoms with van der Waals surface area (Å²) in [6.45, 7) is 10.0. The van der Waals surface area contributed by atoms with E-state index in [1.54, 1.807) is 9.04 Å². The summed E-state index contributed by atoms with van der Waals surface area (Å²) in [6, 6.07) is 13.3. The van der Waals surface area contributed by atoms with Crippen LogP contribution in [0.5, 0.6) is 5.88 Å². The van der Waals surface area contributed by atoms with Gasteiger partial charge in [-0.3, -0.25) is 0 Å². The molecule has 0 bridgehead atoms. The smallest absolute Gasteiger partial charge is 0.281 e. The zero-order valence-electron chi connectivity index (χ0n) is 15.3. The van der Waals surface area contributed by atoms with E-state index < -0.39 is 0 Å². The molecular formula is C20H24N5O+. The first-order chi connectivity index (χ1) is 12.3. The van der Waals surface area contributed by atoms with Gasteiger partial charge in [0.25, 0.3) is 11.2 Å². The fraction of sp³-hybridized carbons (Fsp3) is 0.150. The molecule has 0 radical (unpaired) electrons. The molecule has 1 heterocycles. The lowest BCUT2D eigenvalue weighted by Gasteiger charge is -2.18. The van der Waals surface area contributed by atoms with Crippen molar-refractivity contribution in [2.75, 3.05) is 30.0 Å². The Labute approximate surface area is 152 Å². The minimum absolute atomic E-state index is 0.0185. The highest BCUT2D eigenvalue weighted by Gasteiger charge is 2.22. The third kappa shape index (κ3) is 2.86. The van der Waals surface area contributed by atoms with E-state index in [1.165, 1.54) is 0 Å². The predicted octanol–water partition coefficient (Wildman–Crippen LogP) is 2.22. The van der Waals surface area contributed by atoms with Crippen molar-refractivity contribution in [2.24, 2.45) is 0 Å². The fourth-order valence-electron chi connectivity index (χ4n) is 3.00. The summed E-state index contributed by atoms with van der Waals surface area (Å²) in [6.07, 6.45) is 0. The summed E-state index contributed by atoms with van der Waals surface area (Å²) in [5, 5.41) is 14.5. The molecule has 134 valence electrons. The van der Waals surface area contributed by atoms with E-state index in [0.717, 1.165) is 16.9 Å². The van der Waals surface area contributed by atoms with Crippen molar-refractivity contribution >= 4 is 29.3 Å². The largest absolute Gasteiger partial charge is 0.489 e. The number of aryl methyl sites for hydroxylation is 1. The summed E-state index contributed by atoms with van der Waals surface area (Å²) in [5.74, 6) is 0.0185. The van der Waals surface area contributed by atoms with E-state index in [4.69, 9.17) is 5.73 Å². The maximum atomic E-state index is 10.8. The first kappa shape index (κ1) is 17.4. The van der Waals surface area contributed by atoms with Gasteiger partial charge in [0.05, 0.1) is 11.4 Å². The van der Waals surface area contributed by atoms with Gasteiger partial charge in [0.1, 0.15) is 5.69 Å². The molecule has 3 aromatic rings. The lowest BCUT2D eigenvalue weighted by molar-refractivity contribution is -0.597. The van der Waals surface area contributed by atoms with Crippen LogP contribution in [0.25, 0.3) is 12.3 Å². The number of nitrogens with zero attached hydrogens (tertiary/aromatic N) is 3. The highest BCUT2D eigenvalue weighted by Crippen LogP contribution is 2.32. The van der Waals surface area contributed by atoms with Crippen molar-refractivity contribution in [1.29, 1.82) is 0 Å². The Balaban J connectivity index is 2.09. The van der Waals surface area contributed by atoms with Gasteiger partial charge in [-0.05, 0) is 43.3 Å². The molecule has 0 fully saturated rings. The van der Waals surface area contributed by atoms with Crippen LogP contribution in [0.2, 0.25) is 0 Å². The van der Waals surface area contributed by atoms with Crippen LogP contribution in [0.4, 0.5) is 22.7 Å². The van der Waals surface area contributed by atoms with Crippen LogP contribution in [0.3, 0.4) is 0 Å². The summed E-state index contributed by atoms with van der Waals surface area (Å²) in [7, 11) is 3.95. The Morgan fingerprint density at radius 2 is 1.85 bits per heavy atom. The SMILES string of the molecule is C=c1c(Nc2cc(C)c(N(C)C)cc2N)c(O)n(-c2ccccc2)[n+]1=C. The lowest BCUT2D eigenvalue weighted by atomic mass is 10.1. The molecule has 0 atom stereocenters. The number of rotatable bonds is 4. The van der Waals surface area contributed by atoms with Crippen LogP contribution in [0.15, 0.2) is 42.5 Å². The monoisotopic (exact) mass is 350 g/mol. The molecule has 1 aromatic heterocycles. The molecule has 2 aromatic carbocycles. The second-order valence-corrected chi connectivity index (χ2v) is 6.44. The second-order valence-electron chi connectivity index (χ2n) is 6.44. The minimum atomic E-state index is 0.0185. The molecule has 0 saturated heterocycles. The molecule has 0 aliphatic carbocycles. The predicted molar refractivity (Wildman–Crippen MR) is 107 cm³/mol. The van der Waals surface area contributed by atoms with E-state index in [9.17, 15) is 5.11 Å². The Hall–Kier alpha value is -3.41. The van der Waals surface area contributed by atoms with E-state index in [1.807, 2.05) is 68.4 Å². The van der Waals surface area contributed by atoms with Crippen molar-refractivity contribution < 1.29 is 9.46 Å². The van der Waals surface area contributed by atoms with Gasteiger partial charge in [-0.2, -0.15) is 0 Å². The van der Waals surface area contributed by atoms with E-state index in [2.05, 4.69) is 18.6 Å². The Morgan fingerprint density at radius 3 is 2.46 bits per heavy atom. The molecule has 6 heteroatoms. The third-order valence-electron chi connectivity index (χ3n) is 4.38. The Kier molecular flexibility index (Phi) is 4.34. The first-order valence-corrected chi connectivity index (χ1v) is 8.24. The number of aromatic hydroxyl groups is 1. The number of para-hydroxylation sites is 1. The maximum Gasteiger partial charge on any atom is 0.281 e. The number of aromatic nitrogens is 2. The van der Waals surface area contributed by atoms with Crippen LogP contribution < -0.4 is 25.7 Å². The van der Waals surface area contributed by atoms with Gasteiger partial charge >= 0.3 is 0 Å². The second kappa shape index (κ2) is 6.48. The Bertz CT molecular complexity index is 1050. The van der Waals surface area contributed by atoms with Gasteiger partial charge in [-0.1, -0.05) is 27.2 Å². The zero-order chi connectivity index (χ0) is 19.0. The number of benzene rings is 2. The number of hydrogen-bond acceptors (Lipinski definition) is 4. The maximum absolute atomic E-state index is 10.8. The molecule has 0 amide bonds. The van der Waals surface area contributed by atoms with Gasteiger partial charge in [-0.25, -0.2) is 0 Å². The molecule has 26 heavy (non-hydrogen) atoms. The summed E-state index contributed by atoms with van der Waals surface area (Å²) in [4.78, 5) is 2.01. The number of nitrogen functional groups attached to an aromatic ring is 1. The molecule has 0 unspecified atom stereocenters. The first-order valence-electron chi connectivity index (χ1n) is 8.24. The quantitative estimate of drug-likeness (QED) is 0.498. The standard InChI is InChI=1S/C20H23N5O/c1-13-11-17(16(21)12-18(13)23(3)4)22-19-14(2)24(5)25(20(19)26)15-9-7-6-8-10-15/h6-12,22H,2,5,21H2,1,3-4H3/p+1. The number of anilines is 4. The van der Waals surface area contributed by atoms with Crippen LogP contribution in [-0.2, 0) is 0 Å². The molecule has 0 saturated carbocycles. The van der Waals surface area contributed by atoms with Crippen molar-refractivity contribution in [3.05, 3.63) is 60.1 Å². The van der Waals surface area contributed by atoms with Gasteiger partial charge in [0.2, 0.25) is 0 Å². The highest BCUT2D eigenvalue weighted by atomic mass is 16.3. The summed E-state index contributed by atoms with van der Waals surface area (Å²) in [5.41, 5.74) is 10.9. The molecule has 4 N–H and O–H groups in total. The summed E-state index contributed by atoms with van der Waals surface area (Å²) >= 11 is 0. The van der Waals surface area contributed by atoms with E-state index in [0.29, 0.717) is 22.4 Å². The van der Waals surface area contributed by atoms with Crippen LogP contribution >= 0.6 is 0 Å². The number of nitrogens with two attached hydrogens (primary N) is 1. The molecule has 6 nitrogen and oxygen atoms in total. The normalized spacial score (nSPS) is 10.7. The van der Waals surface area contributed by atoms with Crippen molar-refractivity contribution in [1.82, 2.24) is 4.68 Å². The van der Waals surface area contributed by atoms with Crippen molar-refractivity contribution in [3.8, 4) is 11.6 Å². The van der Waals surface area contributed by atoms with Crippen molar-refractivity contribution in [3.63, 3.8) is 0 Å². The number of hydrogen-bond donors (Lipinski definition) is 3. The van der Waals surface area contributed by atoms with Gasteiger partial charge in [-0.15, -0.1) is 0 Å². The number of nitrogens with one attached hydrogen (secondary N) is 1.